The summed E-state index contributed by atoms with van der Waals surface area (Å²) in [6.45, 7) is 5.51. The van der Waals surface area contributed by atoms with Crippen LogP contribution in [0.5, 0.6) is 0 Å². The third-order valence-corrected chi connectivity index (χ3v) is 2.84. The van der Waals surface area contributed by atoms with Crippen LogP contribution in [0.25, 0.3) is 0 Å². The van der Waals surface area contributed by atoms with Crippen molar-refractivity contribution in [3.05, 3.63) is 11.9 Å². The first-order valence-corrected chi connectivity index (χ1v) is 6.40. The Labute approximate surface area is 114 Å². The molecule has 0 radical (unpaired) electrons. The highest BCUT2D eigenvalue weighted by molar-refractivity contribution is 5.47. The van der Waals surface area contributed by atoms with E-state index >= 15 is 0 Å². The van der Waals surface area contributed by atoms with E-state index in [0.29, 0.717) is 12.4 Å². The molecule has 1 aromatic heterocycles. The number of aliphatic hydroxyl groups excluding tert-OH is 1. The van der Waals surface area contributed by atoms with E-state index in [1.807, 2.05) is 13.1 Å². The Bertz CT molecular complexity index is 396. The molecule has 0 aliphatic carbocycles. The molecule has 1 heterocycles. The van der Waals surface area contributed by atoms with Gasteiger partial charge in [-0.1, -0.05) is 13.8 Å². The zero-order valence-electron chi connectivity index (χ0n) is 12.2. The summed E-state index contributed by atoms with van der Waals surface area (Å²) in [5, 5.41) is 15.3. The van der Waals surface area contributed by atoms with Crippen LogP contribution >= 0.6 is 0 Å². The minimum Gasteiger partial charge on any atom is -0.396 e. The summed E-state index contributed by atoms with van der Waals surface area (Å²) in [6, 6.07) is 1.86. The molecule has 0 saturated heterocycles. The van der Waals surface area contributed by atoms with Gasteiger partial charge in [0.15, 0.2) is 5.82 Å². The van der Waals surface area contributed by atoms with Crippen molar-refractivity contribution in [3.8, 4) is 0 Å². The summed E-state index contributed by atoms with van der Waals surface area (Å²) in [7, 11) is 3.44. The maximum atomic E-state index is 9.02. The molecule has 0 amide bonds. The van der Waals surface area contributed by atoms with E-state index in [1.54, 1.807) is 7.11 Å². The molecule has 1 rings (SSSR count). The fourth-order valence-electron chi connectivity index (χ4n) is 1.63. The predicted octanol–water partition coefficient (Wildman–Crippen LogP) is 1.49. The van der Waals surface area contributed by atoms with E-state index in [-0.39, 0.29) is 12.0 Å². The van der Waals surface area contributed by atoms with Gasteiger partial charge in [0, 0.05) is 33.4 Å². The molecule has 0 fully saturated rings. The average molecular weight is 268 g/mol. The summed E-state index contributed by atoms with van der Waals surface area (Å²) in [5.74, 6) is 2.15. The lowest BCUT2D eigenvalue weighted by molar-refractivity contribution is 0.178. The van der Waals surface area contributed by atoms with Gasteiger partial charge in [-0.3, -0.25) is 0 Å². The Morgan fingerprint density at radius 1 is 1.32 bits per heavy atom. The van der Waals surface area contributed by atoms with Crippen molar-refractivity contribution in [2.45, 2.75) is 26.9 Å². The van der Waals surface area contributed by atoms with Crippen LogP contribution in [0.2, 0.25) is 0 Å². The Morgan fingerprint density at radius 2 is 2.00 bits per heavy atom. The molecule has 0 aliphatic rings. The molecule has 19 heavy (non-hydrogen) atoms. The second-order valence-electron chi connectivity index (χ2n) is 5.23. The number of ether oxygens (including phenoxy) is 1. The number of hydrogen-bond donors (Lipinski definition) is 3. The average Bonchev–Trinajstić information content (AvgIpc) is 2.36. The number of hydrogen-bond acceptors (Lipinski definition) is 6. The van der Waals surface area contributed by atoms with Gasteiger partial charge in [0.05, 0.1) is 0 Å². The van der Waals surface area contributed by atoms with Crippen molar-refractivity contribution >= 4 is 11.6 Å². The molecule has 0 saturated carbocycles. The van der Waals surface area contributed by atoms with Gasteiger partial charge in [-0.2, -0.15) is 0 Å². The van der Waals surface area contributed by atoms with Gasteiger partial charge in [0.2, 0.25) is 0 Å². The fraction of sp³-hybridized carbons (Fsp3) is 0.692. The van der Waals surface area contributed by atoms with Crippen molar-refractivity contribution in [2.24, 2.45) is 5.41 Å². The van der Waals surface area contributed by atoms with Gasteiger partial charge < -0.3 is 20.5 Å². The van der Waals surface area contributed by atoms with Crippen molar-refractivity contribution in [2.75, 3.05) is 37.9 Å². The Morgan fingerprint density at radius 3 is 2.58 bits per heavy atom. The molecule has 6 nitrogen and oxygen atoms in total. The van der Waals surface area contributed by atoms with E-state index in [1.165, 1.54) is 0 Å². The number of nitrogens with one attached hydrogen (secondary N) is 2. The Hall–Kier alpha value is -1.40. The van der Waals surface area contributed by atoms with Gasteiger partial charge in [0.1, 0.15) is 18.2 Å². The highest BCUT2D eigenvalue weighted by Gasteiger charge is 2.17. The molecular formula is C13H24N4O2. The number of aromatic nitrogens is 2. The molecule has 0 aromatic carbocycles. The quantitative estimate of drug-likeness (QED) is 0.663. The third kappa shape index (κ3) is 5.40. The summed E-state index contributed by atoms with van der Waals surface area (Å²) in [6.07, 6.45) is 0.745. The van der Waals surface area contributed by atoms with E-state index in [9.17, 15) is 0 Å². The van der Waals surface area contributed by atoms with Crippen LogP contribution in [0.3, 0.4) is 0 Å². The summed E-state index contributed by atoms with van der Waals surface area (Å²) in [5.41, 5.74) is 0.0148. The van der Waals surface area contributed by atoms with Crippen LogP contribution in [0.15, 0.2) is 6.07 Å². The number of nitrogens with zero attached hydrogens (tertiary/aromatic N) is 2. The zero-order valence-corrected chi connectivity index (χ0v) is 12.2. The topological polar surface area (TPSA) is 79.3 Å². The van der Waals surface area contributed by atoms with Crippen LogP contribution in [0.1, 0.15) is 26.1 Å². The summed E-state index contributed by atoms with van der Waals surface area (Å²) < 4.78 is 5.05. The van der Waals surface area contributed by atoms with Gasteiger partial charge >= 0.3 is 0 Å². The molecule has 0 unspecified atom stereocenters. The molecule has 0 atom stereocenters. The monoisotopic (exact) mass is 268 g/mol. The normalized spacial score (nSPS) is 11.4. The maximum absolute atomic E-state index is 9.02. The summed E-state index contributed by atoms with van der Waals surface area (Å²) >= 11 is 0. The van der Waals surface area contributed by atoms with Crippen LogP contribution in [0.4, 0.5) is 11.6 Å². The minimum absolute atomic E-state index is 0.0148. The molecule has 0 aliphatic heterocycles. The second kappa shape index (κ2) is 7.25. The first kappa shape index (κ1) is 15.7. The van der Waals surface area contributed by atoms with Crippen molar-refractivity contribution in [1.82, 2.24) is 9.97 Å². The van der Waals surface area contributed by atoms with Crippen LogP contribution in [-0.4, -0.2) is 42.4 Å². The van der Waals surface area contributed by atoms with Gasteiger partial charge in [0.25, 0.3) is 0 Å². The standard InChI is InChI=1S/C13H24N4O2/c1-13(2,5-6-18)9-15-11-7-10(14-3)16-12(17-11)8-19-4/h7,18H,5-6,8-9H2,1-4H3,(H2,14,15,16,17). The van der Waals surface area contributed by atoms with Crippen molar-refractivity contribution < 1.29 is 9.84 Å². The lowest BCUT2D eigenvalue weighted by Gasteiger charge is -2.24. The Balaban J connectivity index is 2.74. The number of anilines is 2. The lowest BCUT2D eigenvalue weighted by Crippen LogP contribution is -2.25. The van der Waals surface area contributed by atoms with Gasteiger partial charge in [-0.25, -0.2) is 9.97 Å². The first-order valence-electron chi connectivity index (χ1n) is 6.40. The molecule has 0 bridgehead atoms. The van der Waals surface area contributed by atoms with Crippen LogP contribution in [-0.2, 0) is 11.3 Å². The van der Waals surface area contributed by atoms with Crippen molar-refractivity contribution in [3.63, 3.8) is 0 Å². The molecule has 3 N–H and O–H groups in total. The molecule has 6 heteroatoms. The molecular weight excluding hydrogens is 244 g/mol. The molecule has 108 valence electrons. The predicted molar refractivity (Wildman–Crippen MR) is 76.3 cm³/mol. The zero-order chi connectivity index (χ0) is 14.3. The highest BCUT2D eigenvalue weighted by Crippen LogP contribution is 2.21. The van der Waals surface area contributed by atoms with Crippen LogP contribution < -0.4 is 10.6 Å². The highest BCUT2D eigenvalue weighted by atomic mass is 16.5. The number of aliphatic hydroxyl groups is 1. The molecule has 0 spiro atoms. The number of methoxy groups -OCH3 is 1. The molecule has 1 aromatic rings. The maximum Gasteiger partial charge on any atom is 0.158 e. The second-order valence-corrected chi connectivity index (χ2v) is 5.23. The third-order valence-electron chi connectivity index (χ3n) is 2.84. The minimum atomic E-state index is 0.0148. The SMILES string of the molecule is CNc1cc(NCC(C)(C)CCO)nc(COC)n1. The Kier molecular flexibility index (Phi) is 5.98. The summed E-state index contributed by atoms with van der Waals surface area (Å²) in [4.78, 5) is 8.68. The number of rotatable bonds is 8. The van der Waals surface area contributed by atoms with Crippen molar-refractivity contribution in [1.29, 1.82) is 0 Å². The lowest BCUT2D eigenvalue weighted by atomic mass is 9.90. The first-order chi connectivity index (χ1) is 9.00. The smallest absolute Gasteiger partial charge is 0.158 e. The fourth-order valence-corrected chi connectivity index (χ4v) is 1.63. The largest absolute Gasteiger partial charge is 0.396 e. The van der Waals surface area contributed by atoms with E-state index < -0.39 is 0 Å². The van der Waals surface area contributed by atoms with E-state index in [2.05, 4.69) is 34.4 Å². The van der Waals surface area contributed by atoms with Crippen LogP contribution in [0, 0.1) is 5.41 Å². The van der Waals surface area contributed by atoms with E-state index in [0.717, 1.165) is 24.6 Å². The van der Waals surface area contributed by atoms with E-state index in [4.69, 9.17) is 9.84 Å². The van der Waals surface area contributed by atoms with Gasteiger partial charge in [-0.15, -0.1) is 0 Å². The van der Waals surface area contributed by atoms with Gasteiger partial charge in [-0.05, 0) is 11.8 Å².